The minimum absolute atomic E-state index is 0.214. The standard InChI is InChI=1S/C66H103NO13/c1-3-5-7-9-11-12-13-14-15-16-17-18-19-20-21-22-23-24-25-26-27-28-29-30-31-32-33-34-35-36-37-38-39-40-41-42-44-46-48-50-58(71)67-54(55(70)49-47-45-43-10-8-6-4-2)53-77-65-63(76)61(74)64(57(52-69)79-65)80-66-62(75)60(73)59(72)56(51-68)78-66/h5,7,11-12,14-15,17-18,20-21,23-24,26-27,29-30,32-33,35-36,38-39,41-42,47,49,54-57,59-66,68-70,72-76H,3-4,6,8-10,13,16,19,22,25,28,31,34,37,40,43-46,48,50-53H2,1-2H3,(H,67,71)/b7-5-,12-11-,15-14-,18-17-,21-20-,24-23-,27-26-,30-29-,33-32-,36-35-,39-38-,42-41-,49-47+. The maximum absolute atomic E-state index is 13.1. The second-order valence-corrected chi connectivity index (χ2v) is 20.0. The SMILES string of the molecule is CC/C=C\C/C=C\C/C=C\C/C=C\C/C=C\C/C=C\C/C=C\C/C=C\C/C=C\C/C=C\C/C=C\C/C=C\CCCCC(=O)NC(COC1OC(CO)C(OC2OC(CO)C(O)C(O)C2O)C(O)C1O)C(O)/C=C/CCCCCCC. The molecule has 0 spiro atoms. The smallest absolute Gasteiger partial charge is 0.220 e. The molecule has 2 saturated heterocycles. The Labute approximate surface area is 480 Å². The van der Waals surface area contributed by atoms with E-state index < -0.39 is 86.8 Å². The minimum atomic E-state index is -1.80. The number of carbonyl (C=O) groups is 1. The highest BCUT2D eigenvalue weighted by Gasteiger charge is 2.51. The fourth-order valence-electron chi connectivity index (χ4n) is 8.45. The normalized spacial score (nSPS) is 25.4. The maximum atomic E-state index is 13.1. The van der Waals surface area contributed by atoms with Gasteiger partial charge in [0.25, 0.3) is 0 Å². The molecule has 0 bridgehead atoms. The third kappa shape index (κ3) is 34.1. The van der Waals surface area contributed by atoms with E-state index in [2.05, 4.69) is 165 Å². The Balaban J connectivity index is 1.63. The number of rotatable bonds is 44. The van der Waals surface area contributed by atoms with E-state index in [-0.39, 0.29) is 18.9 Å². The summed E-state index contributed by atoms with van der Waals surface area (Å²) in [5.41, 5.74) is 0. The average molecular weight is 1120 g/mol. The molecule has 450 valence electrons. The molecule has 2 heterocycles. The van der Waals surface area contributed by atoms with E-state index in [1.165, 1.54) is 0 Å². The number of allylic oxidation sites excluding steroid dienone is 25. The molecule has 0 aromatic heterocycles. The van der Waals surface area contributed by atoms with Crippen LogP contribution in [-0.2, 0) is 23.7 Å². The van der Waals surface area contributed by atoms with Crippen molar-refractivity contribution in [2.75, 3.05) is 19.8 Å². The molecule has 2 aliphatic heterocycles. The minimum Gasteiger partial charge on any atom is -0.394 e. The first kappa shape index (κ1) is 71.7. The summed E-state index contributed by atoms with van der Waals surface area (Å²) in [5.74, 6) is -0.295. The van der Waals surface area contributed by atoms with Crippen LogP contribution in [0.1, 0.15) is 155 Å². The van der Waals surface area contributed by atoms with Gasteiger partial charge >= 0.3 is 0 Å². The van der Waals surface area contributed by atoms with Crippen LogP contribution in [0.2, 0.25) is 0 Å². The first-order valence-corrected chi connectivity index (χ1v) is 29.7. The topological polar surface area (TPSA) is 228 Å². The Bertz CT molecular complexity index is 1940. The largest absolute Gasteiger partial charge is 0.394 e. The van der Waals surface area contributed by atoms with Gasteiger partial charge in [-0.25, -0.2) is 0 Å². The van der Waals surface area contributed by atoms with Crippen molar-refractivity contribution in [2.24, 2.45) is 0 Å². The average Bonchev–Trinajstić information content (AvgIpc) is 3.48. The van der Waals surface area contributed by atoms with Gasteiger partial charge in [-0.3, -0.25) is 4.79 Å². The van der Waals surface area contributed by atoms with E-state index in [0.717, 1.165) is 128 Å². The van der Waals surface area contributed by atoms with Crippen molar-refractivity contribution < 1.29 is 64.6 Å². The molecular weight excluding hydrogens is 1010 g/mol. The lowest BCUT2D eigenvalue weighted by atomic mass is 9.97. The number of hydrogen-bond donors (Lipinski definition) is 9. The summed E-state index contributed by atoms with van der Waals surface area (Å²) in [6.45, 7) is 2.54. The van der Waals surface area contributed by atoms with E-state index in [4.69, 9.17) is 18.9 Å². The molecule has 0 saturated carbocycles. The van der Waals surface area contributed by atoms with Crippen LogP contribution in [0.25, 0.3) is 0 Å². The van der Waals surface area contributed by atoms with E-state index >= 15 is 0 Å². The predicted molar refractivity (Wildman–Crippen MR) is 322 cm³/mol. The molecule has 0 aromatic carbocycles. The number of unbranched alkanes of at least 4 members (excludes halogenated alkanes) is 7. The van der Waals surface area contributed by atoms with Crippen molar-refractivity contribution in [2.45, 2.75) is 229 Å². The zero-order valence-electron chi connectivity index (χ0n) is 48.2. The van der Waals surface area contributed by atoms with Gasteiger partial charge in [-0.05, 0) is 109 Å². The van der Waals surface area contributed by atoms with Gasteiger partial charge in [0, 0.05) is 6.42 Å². The van der Waals surface area contributed by atoms with Crippen molar-refractivity contribution in [1.29, 1.82) is 0 Å². The van der Waals surface area contributed by atoms with Crippen LogP contribution >= 0.6 is 0 Å². The number of ether oxygens (including phenoxy) is 4. The molecule has 2 rings (SSSR count). The predicted octanol–water partition coefficient (Wildman–Crippen LogP) is 10.3. The van der Waals surface area contributed by atoms with Crippen LogP contribution in [0.4, 0.5) is 0 Å². The van der Waals surface area contributed by atoms with E-state index in [1.54, 1.807) is 6.08 Å². The molecule has 0 aliphatic carbocycles. The van der Waals surface area contributed by atoms with Gasteiger partial charge in [-0.15, -0.1) is 0 Å². The van der Waals surface area contributed by atoms with Crippen LogP contribution in [0.5, 0.6) is 0 Å². The third-order valence-corrected chi connectivity index (χ3v) is 13.2. The molecule has 9 N–H and O–H groups in total. The van der Waals surface area contributed by atoms with Gasteiger partial charge in [0.1, 0.15) is 48.8 Å². The fraction of sp³-hybridized carbons (Fsp3) is 0.591. The van der Waals surface area contributed by atoms with E-state index in [0.29, 0.717) is 6.42 Å². The number of hydrogen-bond acceptors (Lipinski definition) is 13. The molecule has 14 heteroatoms. The van der Waals surface area contributed by atoms with Gasteiger partial charge in [0.05, 0.1) is 32.0 Å². The Morgan fingerprint density at radius 3 is 1.31 bits per heavy atom. The summed E-state index contributed by atoms with van der Waals surface area (Å²) in [5, 5.41) is 86.5. The first-order chi connectivity index (χ1) is 39.1. The van der Waals surface area contributed by atoms with E-state index in [1.807, 2.05) is 6.08 Å². The van der Waals surface area contributed by atoms with Crippen molar-refractivity contribution >= 4 is 5.91 Å². The summed E-state index contributed by atoms with van der Waals surface area (Å²) in [7, 11) is 0. The zero-order valence-corrected chi connectivity index (χ0v) is 48.2. The van der Waals surface area contributed by atoms with Crippen LogP contribution in [-0.4, -0.2) is 140 Å². The Morgan fingerprint density at radius 2 is 0.863 bits per heavy atom. The highest BCUT2D eigenvalue weighted by atomic mass is 16.7. The van der Waals surface area contributed by atoms with Crippen LogP contribution in [0, 0.1) is 0 Å². The third-order valence-electron chi connectivity index (χ3n) is 13.2. The number of carbonyl (C=O) groups excluding carboxylic acids is 1. The summed E-state index contributed by atoms with van der Waals surface area (Å²) < 4.78 is 22.6. The molecule has 1 amide bonds. The van der Waals surface area contributed by atoms with Crippen LogP contribution < -0.4 is 5.32 Å². The van der Waals surface area contributed by atoms with E-state index in [9.17, 15) is 45.6 Å². The molecular formula is C66H103NO13. The monoisotopic (exact) mass is 1120 g/mol. The molecule has 0 radical (unpaired) electrons. The molecule has 80 heavy (non-hydrogen) atoms. The highest BCUT2D eigenvalue weighted by molar-refractivity contribution is 5.76. The van der Waals surface area contributed by atoms with Crippen molar-refractivity contribution in [1.82, 2.24) is 5.32 Å². The molecule has 2 aliphatic rings. The molecule has 12 unspecified atom stereocenters. The lowest BCUT2D eigenvalue weighted by Crippen LogP contribution is -2.65. The molecule has 14 nitrogen and oxygen atoms in total. The van der Waals surface area contributed by atoms with Crippen LogP contribution in [0.15, 0.2) is 158 Å². The number of amides is 1. The lowest BCUT2D eigenvalue weighted by molar-refractivity contribution is -0.359. The Kier molecular flexibility index (Phi) is 44.1. The lowest BCUT2D eigenvalue weighted by Gasteiger charge is -2.46. The van der Waals surface area contributed by atoms with Crippen molar-refractivity contribution in [3.63, 3.8) is 0 Å². The van der Waals surface area contributed by atoms with Crippen LogP contribution in [0.3, 0.4) is 0 Å². The van der Waals surface area contributed by atoms with Crippen molar-refractivity contribution in [3.05, 3.63) is 158 Å². The first-order valence-electron chi connectivity index (χ1n) is 29.7. The van der Waals surface area contributed by atoms with Gasteiger partial charge in [-0.2, -0.15) is 0 Å². The highest BCUT2D eigenvalue weighted by Crippen LogP contribution is 2.30. The molecule has 12 atom stereocenters. The number of aliphatic hydroxyl groups is 8. The Morgan fingerprint density at radius 1 is 0.463 bits per heavy atom. The maximum Gasteiger partial charge on any atom is 0.220 e. The van der Waals surface area contributed by atoms with Gasteiger partial charge < -0.3 is 65.1 Å². The van der Waals surface area contributed by atoms with Gasteiger partial charge in [-0.1, -0.05) is 198 Å². The summed E-state index contributed by atoms with van der Waals surface area (Å²) in [4.78, 5) is 13.1. The number of nitrogens with one attached hydrogen (secondary N) is 1. The van der Waals surface area contributed by atoms with Crippen molar-refractivity contribution in [3.8, 4) is 0 Å². The van der Waals surface area contributed by atoms with Gasteiger partial charge in [0.15, 0.2) is 12.6 Å². The Hall–Kier alpha value is -4.39. The fourth-order valence-corrected chi connectivity index (χ4v) is 8.45. The zero-order chi connectivity index (χ0) is 58.1. The summed E-state index contributed by atoms with van der Waals surface area (Å²) >= 11 is 0. The summed E-state index contributed by atoms with van der Waals surface area (Å²) in [6.07, 6.45) is 59.1. The quantitative estimate of drug-likeness (QED) is 0.0205. The number of aliphatic hydroxyl groups excluding tert-OH is 8. The second kappa shape index (κ2) is 49.2. The van der Waals surface area contributed by atoms with Gasteiger partial charge in [0.2, 0.25) is 5.91 Å². The second-order valence-electron chi connectivity index (χ2n) is 20.0. The summed E-state index contributed by atoms with van der Waals surface area (Å²) in [6, 6.07) is -0.947. The molecule has 0 aromatic rings. The molecule has 2 fully saturated rings.